The molecule has 0 aliphatic carbocycles. The van der Waals surface area contributed by atoms with Crippen molar-refractivity contribution in [2.45, 2.75) is 19.4 Å². The number of halogens is 1. The molecule has 6 nitrogen and oxygen atoms in total. The summed E-state index contributed by atoms with van der Waals surface area (Å²) in [5.41, 5.74) is 0.0159. The quantitative estimate of drug-likeness (QED) is 0.916. The summed E-state index contributed by atoms with van der Waals surface area (Å²) in [6.07, 6.45) is 0.829. The molecule has 1 aromatic carbocycles. The van der Waals surface area contributed by atoms with E-state index in [0.717, 1.165) is 13.0 Å². The van der Waals surface area contributed by atoms with Gasteiger partial charge in [0.1, 0.15) is 11.5 Å². The highest BCUT2D eigenvalue weighted by Gasteiger charge is 2.27. The highest BCUT2D eigenvalue weighted by molar-refractivity contribution is 5.92. The Hall–Kier alpha value is -2.54. The average molecular weight is 330 g/mol. The summed E-state index contributed by atoms with van der Waals surface area (Å²) in [4.78, 5) is 26.4. The molecule has 0 radical (unpaired) electrons. The summed E-state index contributed by atoms with van der Waals surface area (Å²) in [5.74, 6) is -0.915. The van der Waals surface area contributed by atoms with E-state index in [-0.39, 0.29) is 17.4 Å². The summed E-state index contributed by atoms with van der Waals surface area (Å²) >= 11 is 0. The van der Waals surface area contributed by atoms with Gasteiger partial charge in [-0.25, -0.2) is 9.07 Å². The Morgan fingerprint density at radius 2 is 2.17 bits per heavy atom. The van der Waals surface area contributed by atoms with E-state index in [4.69, 9.17) is 0 Å². The van der Waals surface area contributed by atoms with Crippen LogP contribution in [0.3, 0.4) is 0 Å². The van der Waals surface area contributed by atoms with Gasteiger partial charge in [0.2, 0.25) is 5.43 Å². The molecule has 1 aliphatic heterocycles. The minimum Gasteiger partial charge on any atom is -0.336 e. The van der Waals surface area contributed by atoms with Crippen LogP contribution in [0.2, 0.25) is 0 Å². The van der Waals surface area contributed by atoms with Gasteiger partial charge in [-0.05, 0) is 32.0 Å². The minimum absolute atomic E-state index is 0.0296. The van der Waals surface area contributed by atoms with Gasteiger partial charge in [-0.15, -0.1) is 0 Å². The van der Waals surface area contributed by atoms with Crippen molar-refractivity contribution in [3.05, 3.63) is 57.8 Å². The Labute approximate surface area is 138 Å². The smallest absolute Gasteiger partial charge is 0.278 e. The Morgan fingerprint density at radius 1 is 1.42 bits per heavy atom. The van der Waals surface area contributed by atoms with E-state index >= 15 is 0 Å². The van der Waals surface area contributed by atoms with Crippen molar-refractivity contribution < 1.29 is 9.18 Å². The van der Waals surface area contributed by atoms with Gasteiger partial charge in [0, 0.05) is 31.4 Å². The van der Waals surface area contributed by atoms with Gasteiger partial charge in [-0.1, -0.05) is 12.1 Å². The normalized spacial score (nSPS) is 17.0. The van der Waals surface area contributed by atoms with Crippen LogP contribution in [0.15, 0.2) is 35.1 Å². The van der Waals surface area contributed by atoms with Crippen LogP contribution in [0.25, 0.3) is 5.69 Å². The lowest BCUT2D eigenvalue weighted by Gasteiger charge is -2.23. The van der Waals surface area contributed by atoms with Crippen molar-refractivity contribution in [3.63, 3.8) is 0 Å². The number of rotatable bonds is 3. The van der Waals surface area contributed by atoms with Gasteiger partial charge in [0.15, 0.2) is 5.69 Å². The molecule has 1 aliphatic rings. The van der Waals surface area contributed by atoms with Gasteiger partial charge in [-0.3, -0.25) is 9.59 Å². The summed E-state index contributed by atoms with van der Waals surface area (Å²) in [6.45, 7) is 3.18. The van der Waals surface area contributed by atoms with Crippen LogP contribution < -0.4 is 10.7 Å². The number of hydrogen-bond acceptors (Lipinski definition) is 4. The molecule has 1 aromatic heterocycles. The molecule has 0 spiro atoms. The van der Waals surface area contributed by atoms with Crippen LogP contribution >= 0.6 is 0 Å². The number of benzene rings is 1. The largest absolute Gasteiger partial charge is 0.336 e. The number of nitrogens with zero attached hydrogens (tertiary/aromatic N) is 3. The highest BCUT2D eigenvalue weighted by Crippen LogP contribution is 2.14. The van der Waals surface area contributed by atoms with E-state index in [2.05, 4.69) is 10.4 Å². The molecule has 2 aromatic rings. The predicted octanol–water partition coefficient (Wildman–Crippen LogP) is 1.11. The number of aromatic nitrogens is 2. The number of likely N-dealkylation sites (N-methyl/N-ethyl adjacent to an activating group) is 1. The third-order valence-corrected chi connectivity index (χ3v) is 4.29. The standard InChI is InChI=1S/C17H19FN4O2/c1-11-9-15(23)16(17(24)21(2)12-7-8-19-10-12)20-22(11)14-6-4-3-5-13(14)18/h3-6,9,12,19H,7-8,10H2,1-2H3. The van der Waals surface area contributed by atoms with E-state index in [9.17, 15) is 14.0 Å². The van der Waals surface area contributed by atoms with Gasteiger partial charge in [-0.2, -0.15) is 5.10 Å². The fourth-order valence-corrected chi connectivity index (χ4v) is 2.87. The molecule has 1 saturated heterocycles. The SMILES string of the molecule is Cc1cc(=O)c(C(=O)N(C)C2CCNC2)nn1-c1ccccc1F. The molecule has 1 fully saturated rings. The van der Waals surface area contributed by atoms with Crippen molar-refractivity contribution in [2.75, 3.05) is 20.1 Å². The minimum atomic E-state index is -0.469. The number of para-hydroxylation sites is 1. The molecule has 126 valence electrons. The zero-order valence-electron chi connectivity index (χ0n) is 13.6. The lowest BCUT2D eigenvalue weighted by Crippen LogP contribution is -2.41. The number of carbonyl (C=O) groups excluding carboxylic acids is 1. The average Bonchev–Trinajstić information content (AvgIpc) is 3.09. The van der Waals surface area contributed by atoms with Crippen molar-refractivity contribution in [1.29, 1.82) is 0 Å². The maximum absolute atomic E-state index is 14.1. The first-order valence-electron chi connectivity index (χ1n) is 7.83. The van der Waals surface area contributed by atoms with Crippen LogP contribution in [0.4, 0.5) is 4.39 Å². The molecular weight excluding hydrogens is 311 g/mol. The number of nitrogens with one attached hydrogen (secondary N) is 1. The van der Waals surface area contributed by atoms with E-state index in [1.165, 1.54) is 21.7 Å². The van der Waals surface area contributed by atoms with E-state index in [1.54, 1.807) is 32.2 Å². The molecule has 1 N–H and O–H groups in total. The third kappa shape index (κ3) is 2.94. The molecule has 24 heavy (non-hydrogen) atoms. The molecule has 0 saturated carbocycles. The molecule has 1 unspecified atom stereocenters. The third-order valence-electron chi connectivity index (χ3n) is 4.29. The van der Waals surface area contributed by atoms with Crippen molar-refractivity contribution in [2.24, 2.45) is 0 Å². The Morgan fingerprint density at radius 3 is 2.83 bits per heavy atom. The zero-order valence-corrected chi connectivity index (χ0v) is 13.6. The second-order valence-electron chi connectivity index (χ2n) is 5.92. The van der Waals surface area contributed by atoms with Crippen LogP contribution in [-0.4, -0.2) is 46.8 Å². The van der Waals surface area contributed by atoms with Crippen LogP contribution in [0, 0.1) is 12.7 Å². The molecular formula is C17H19FN4O2. The summed E-state index contributed by atoms with van der Waals surface area (Å²) in [5, 5.41) is 7.33. The number of aryl methyl sites for hydroxylation is 1. The lowest BCUT2D eigenvalue weighted by molar-refractivity contribution is 0.0734. The molecule has 1 atom stereocenters. The van der Waals surface area contributed by atoms with E-state index in [1.807, 2.05) is 0 Å². The van der Waals surface area contributed by atoms with Gasteiger partial charge < -0.3 is 10.2 Å². The zero-order chi connectivity index (χ0) is 17.3. The van der Waals surface area contributed by atoms with Gasteiger partial charge in [0.05, 0.1) is 0 Å². The number of hydrogen-bond donors (Lipinski definition) is 1. The summed E-state index contributed by atoms with van der Waals surface area (Å²) in [6, 6.07) is 7.46. The fraction of sp³-hybridized carbons (Fsp3) is 0.353. The van der Waals surface area contributed by atoms with Crippen LogP contribution in [-0.2, 0) is 0 Å². The predicted molar refractivity (Wildman–Crippen MR) is 87.9 cm³/mol. The van der Waals surface area contributed by atoms with Gasteiger partial charge in [0.25, 0.3) is 5.91 Å². The molecule has 0 bridgehead atoms. The maximum atomic E-state index is 14.1. The second-order valence-corrected chi connectivity index (χ2v) is 5.92. The van der Waals surface area contributed by atoms with Gasteiger partial charge >= 0.3 is 0 Å². The molecule has 2 heterocycles. The maximum Gasteiger partial charge on any atom is 0.278 e. The second kappa shape index (κ2) is 6.52. The van der Waals surface area contributed by atoms with Crippen LogP contribution in [0.5, 0.6) is 0 Å². The first-order chi connectivity index (χ1) is 11.5. The topological polar surface area (TPSA) is 67.2 Å². The van der Waals surface area contributed by atoms with Crippen molar-refractivity contribution >= 4 is 5.91 Å². The first kappa shape index (κ1) is 16.3. The monoisotopic (exact) mass is 330 g/mol. The van der Waals surface area contributed by atoms with Crippen LogP contribution in [0.1, 0.15) is 22.6 Å². The first-order valence-corrected chi connectivity index (χ1v) is 7.83. The molecule has 1 amide bonds. The van der Waals surface area contributed by atoms with E-state index in [0.29, 0.717) is 12.2 Å². The van der Waals surface area contributed by atoms with Crippen molar-refractivity contribution in [1.82, 2.24) is 20.0 Å². The Kier molecular flexibility index (Phi) is 4.44. The highest BCUT2D eigenvalue weighted by atomic mass is 19.1. The molecule has 7 heteroatoms. The molecule has 3 rings (SSSR count). The lowest BCUT2D eigenvalue weighted by atomic mass is 10.2. The van der Waals surface area contributed by atoms with Crippen molar-refractivity contribution in [3.8, 4) is 5.69 Å². The Balaban J connectivity index is 2.03. The fourth-order valence-electron chi connectivity index (χ4n) is 2.87. The Bertz CT molecular complexity index is 828. The number of amides is 1. The number of carbonyl (C=O) groups is 1. The van der Waals surface area contributed by atoms with E-state index < -0.39 is 17.2 Å². The summed E-state index contributed by atoms with van der Waals surface area (Å²) in [7, 11) is 1.66. The summed E-state index contributed by atoms with van der Waals surface area (Å²) < 4.78 is 15.3.